The number of nitrogens with zero attached hydrogens (tertiary/aromatic N) is 7. The number of nitrogen functional groups attached to an aromatic ring is 1. The van der Waals surface area contributed by atoms with E-state index in [2.05, 4.69) is 17.1 Å². The van der Waals surface area contributed by atoms with E-state index in [9.17, 15) is 9.18 Å². The highest BCUT2D eigenvalue weighted by atomic mass is 32.1. The van der Waals surface area contributed by atoms with Crippen LogP contribution in [0.25, 0.3) is 16.2 Å². The van der Waals surface area contributed by atoms with Crippen LogP contribution < -0.4 is 20.9 Å². The quantitative estimate of drug-likeness (QED) is 0.349. The molecule has 3 aromatic heterocycles. The highest BCUT2D eigenvalue weighted by Crippen LogP contribution is 2.40. The maximum Gasteiger partial charge on any atom is 0.317 e. The van der Waals surface area contributed by atoms with Crippen LogP contribution in [0.2, 0.25) is 0 Å². The summed E-state index contributed by atoms with van der Waals surface area (Å²) >= 11 is 2.92. The number of rotatable bonds is 7. The van der Waals surface area contributed by atoms with Crippen molar-refractivity contribution in [2.75, 3.05) is 42.7 Å². The van der Waals surface area contributed by atoms with Gasteiger partial charge in [-0.25, -0.2) is 19.2 Å². The van der Waals surface area contributed by atoms with Gasteiger partial charge < -0.3 is 25.8 Å². The van der Waals surface area contributed by atoms with Gasteiger partial charge in [0, 0.05) is 38.8 Å². The van der Waals surface area contributed by atoms with E-state index in [1.807, 2.05) is 28.4 Å². The van der Waals surface area contributed by atoms with Gasteiger partial charge in [-0.2, -0.15) is 4.52 Å². The molecule has 4 heterocycles. The van der Waals surface area contributed by atoms with Gasteiger partial charge >= 0.3 is 6.03 Å². The number of halogens is 1. The van der Waals surface area contributed by atoms with Crippen molar-refractivity contribution in [3.8, 4) is 11.3 Å². The number of benzene rings is 1. The molecule has 2 fully saturated rings. The molecular formula is C25H30FN9OS2. The van der Waals surface area contributed by atoms with E-state index in [1.165, 1.54) is 23.5 Å². The highest BCUT2D eigenvalue weighted by Gasteiger charge is 2.33. The molecule has 38 heavy (non-hydrogen) atoms. The van der Waals surface area contributed by atoms with E-state index in [4.69, 9.17) is 20.8 Å². The zero-order valence-electron chi connectivity index (χ0n) is 21.5. The van der Waals surface area contributed by atoms with Crippen LogP contribution in [-0.4, -0.2) is 69.8 Å². The van der Waals surface area contributed by atoms with Crippen LogP contribution in [0.3, 0.4) is 0 Å². The molecule has 1 atom stereocenters. The maximum absolute atomic E-state index is 13.4. The van der Waals surface area contributed by atoms with Gasteiger partial charge in [-0.3, -0.25) is 0 Å². The van der Waals surface area contributed by atoms with Crippen molar-refractivity contribution in [2.24, 2.45) is 0 Å². The Kier molecular flexibility index (Phi) is 6.34. The Balaban J connectivity index is 1.25. The van der Waals surface area contributed by atoms with Crippen LogP contribution in [0.15, 0.2) is 24.3 Å². The van der Waals surface area contributed by atoms with Crippen molar-refractivity contribution in [1.29, 1.82) is 0 Å². The minimum Gasteiger partial charge on any atom is -0.389 e. The van der Waals surface area contributed by atoms with Gasteiger partial charge in [0.2, 0.25) is 10.1 Å². The van der Waals surface area contributed by atoms with Crippen LogP contribution in [-0.2, 0) is 6.42 Å². The Morgan fingerprint density at radius 2 is 1.95 bits per heavy atom. The van der Waals surface area contributed by atoms with E-state index in [-0.39, 0.29) is 17.9 Å². The summed E-state index contributed by atoms with van der Waals surface area (Å²) in [6.45, 7) is 3.64. The first-order valence-corrected chi connectivity index (χ1v) is 14.4. The van der Waals surface area contributed by atoms with Gasteiger partial charge in [0.25, 0.3) is 0 Å². The van der Waals surface area contributed by atoms with Gasteiger partial charge in [-0.05, 0) is 49.9 Å². The molecule has 2 aliphatic rings. The molecule has 200 valence electrons. The number of fused-ring (bicyclic) bond motifs is 1. The molecule has 1 saturated carbocycles. The number of thiazole rings is 1. The molecular weight excluding hydrogens is 525 g/mol. The monoisotopic (exact) mass is 555 g/mol. The molecule has 3 N–H and O–H groups in total. The first-order chi connectivity index (χ1) is 18.3. The Morgan fingerprint density at radius 1 is 1.18 bits per heavy atom. The van der Waals surface area contributed by atoms with Crippen molar-refractivity contribution in [1.82, 2.24) is 29.8 Å². The van der Waals surface area contributed by atoms with Crippen molar-refractivity contribution in [3.63, 3.8) is 0 Å². The van der Waals surface area contributed by atoms with Gasteiger partial charge in [-0.15, -0.1) is 5.10 Å². The van der Waals surface area contributed by atoms with E-state index in [1.54, 1.807) is 23.5 Å². The summed E-state index contributed by atoms with van der Waals surface area (Å²) in [7, 11) is 3.81. The number of nitrogens with one attached hydrogen (secondary N) is 1. The van der Waals surface area contributed by atoms with Gasteiger partial charge in [0.1, 0.15) is 16.5 Å². The first-order valence-electron chi connectivity index (χ1n) is 12.7. The Morgan fingerprint density at radius 3 is 2.66 bits per heavy atom. The molecule has 1 aromatic carbocycles. The van der Waals surface area contributed by atoms with Crippen LogP contribution in [0, 0.1) is 5.82 Å². The molecule has 4 aromatic rings. The number of hydrogen-bond donors (Lipinski definition) is 2. The van der Waals surface area contributed by atoms with Crippen LogP contribution in [0.4, 0.5) is 30.3 Å². The summed E-state index contributed by atoms with van der Waals surface area (Å²) in [5, 5.41) is 10.2. The summed E-state index contributed by atoms with van der Waals surface area (Å²) in [5.74, 6) is 0.548. The minimum absolute atomic E-state index is 0.00696. The van der Waals surface area contributed by atoms with Crippen LogP contribution >= 0.6 is 22.7 Å². The Labute approximate surface area is 227 Å². The Hall–Kier alpha value is -3.45. The third kappa shape index (κ3) is 4.53. The molecule has 6 rings (SSSR count). The smallest absolute Gasteiger partial charge is 0.317 e. The average molecular weight is 556 g/mol. The second kappa shape index (κ2) is 9.70. The summed E-state index contributed by atoms with van der Waals surface area (Å²) in [4.78, 5) is 29.0. The number of carbonyl (C=O) groups is 1. The van der Waals surface area contributed by atoms with Crippen molar-refractivity contribution in [2.45, 2.75) is 44.7 Å². The lowest BCUT2D eigenvalue weighted by Gasteiger charge is -2.25. The zero-order valence-corrected chi connectivity index (χ0v) is 23.2. The predicted molar refractivity (Wildman–Crippen MR) is 150 cm³/mol. The van der Waals surface area contributed by atoms with E-state index >= 15 is 0 Å². The molecule has 13 heteroatoms. The van der Waals surface area contributed by atoms with Crippen molar-refractivity contribution < 1.29 is 9.18 Å². The number of anilines is 4. The summed E-state index contributed by atoms with van der Waals surface area (Å²) < 4.78 is 15.3. The molecule has 1 saturated heterocycles. The number of imidazole rings is 1. The molecule has 1 aliphatic carbocycles. The van der Waals surface area contributed by atoms with E-state index < -0.39 is 0 Å². The highest BCUT2D eigenvalue weighted by molar-refractivity contribution is 7.20. The van der Waals surface area contributed by atoms with Gasteiger partial charge in [-0.1, -0.05) is 29.6 Å². The van der Waals surface area contributed by atoms with Gasteiger partial charge in [0.15, 0.2) is 10.9 Å². The normalized spacial score (nSPS) is 17.4. The molecule has 10 nitrogen and oxygen atoms in total. The number of carbonyl (C=O) groups excluding carboxylic acids is 1. The van der Waals surface area contributed by atoms with Crippen molar-refractivity contribution in [3.05, 3.63) is 35.8 Å². The largest absolute Gasteiger partial charge is 0.389 e. The molecule has 1 aliphatic heterocycles. The summed E-state index contributed by atoms with van der Waals surface area (Å²) in [6, 6.07) is 6.67. The van der Waals surface area contributed by atoms with Crippen LogP contribution in [0.5, 0.6) is 0 Å². The number of hydrogen-bond acceptors (Lipinski definition) is 9. The number of amides is 2. The van der Waals surface area contributed by atoms with E-state index in [0.29, 0.717) is 21.9 Å². The van der Waals surface area contributed by atoms with Gasteiger partial charge in [0.05, 0.1) is 11.7 Å². The molecule has 2 amide bonds. The second-order valence-electron chi connectivity index (χ2n) is 9.81. The fourth-order valence-corrected chi connectivity index (χ4v) is 6.51. The molecule has 0 bridgehead atoms. The maximum atomic E-state index is 13.4. The zero-order chi connectivity index (χ0) is 26.6. The minimum atomic E-state index is -0.300. The van der Waals surface area contributed by atoms with E-state index in [0.717, 1.165) is 65.9 Å². The number of nitrogens with two attached hydrogens (primary N) is 1. The number of likely N-dealkylation sites (N-methyl/N-ethyl adjacent to an activating group) is 1. The number of aromatic nitrogens is 4. The summed E-state index contributed by atoms with van der Waals surface area (Å²) in [5.41, 5.74) is 8.64. The van der Waals surface area contributed by atoms with Crippen LogP contribution in [0.1, 0.15) is 31.9 Å². The fourth-order valence-electron chi connectivity index (χ4n) is 4.74. The SMILES string of the molecule is CCc1nc2sc(N3CCC(N(C)C(=O)NC4CC4)C3)nn2c1N(C)c1nc(-c2ccc(F)cc2)c(N)s1. The van der Waals surface area contributed by atoms with Crippen molar-refractivity contribution >= 4 is 54.7 Å². The molecule has 1 unspecified atom stereocenters. The molecule has 0 radical (unpaired) electrons. The average Bonchev–Trinajstić information content (AvgIpc) is 3.25. The fraction of sp³-hybridized carbons (Fsp3) is 0.440. The second-order valence-corrected chi connectivity index (χ2v) is 11.8. The standard InChI is InChI=1S/C25H30FN9OS2/c1-4-18-21(33(3)23-30-19(20(27)37-23)14-5-7-15(26)8-6-14)35-24(29-18)38-25(31-35)34-12-11-17(13-34)32(2)22(36)28-16-9-10-16/h5-8,16-17H,4,9-13,27H2,1-3H3,(H,28,36). The summed E-state index contributed by atoms with van der Waals surface area (Å²) in [6.07, 6.45) is 3.79. The third-order valence-electron chi connectivity index (χ3n) is 7.14. The number of aryl methyl sites for hydroxylation is 1. The lowest BCUT2D eigenvalue weighted by Crippen LogP contribution is -2.45. The number of urea groups is 1. The topological polar surface area (TPSA) is 108 Å². The predicted octanol–water partition coefficient (Wildman–Crippen LogP) is 4.35. The Bertz CT molecular complexity index is 1480. The molecule has 0 spiro atoms. The third-order valence-corrected chi connectivity index (χ3v) is 9.08. The lowest BCUT2D eigenvalue weighted by atomic mass is 10.1. The first kappa shape index (κ1) is 24.9. The lowest BCUT2D eigenvalue weighted by molar-refractivity contribution is 0.194.